The fraction of sp³-hybridized carbons (Fsp3) is 0.667. The Labute approximate surface area is 64.1 Å². The van der Waals surface area contributed by atoms with Crippen molar-refractivity contribution in [1.29, 1.82) is 0 Å². The van der Waals surface area contributed by atoms with E-state index in [0.717, 1.165) is 0 Å². The van der Waals surface area contributed by atoms with Crippen LogP contribution < -0.4 is 0 Å². The molecule has 0 fully saturated rings. The highest BCUT2D eigenvalue weighted by molar-refractivity contribution is 4.86. The summed E-state index contributed by atoms with van der Waals surface area (Å²) in [6.07, 6.45) is 1.27. The van der Waals surface area contributed by atoms with Gasteiger partial charge in [-0.1, -0.05) is 6.08 Å². The van der Waals surface area contributed by atoms with Crippen molar-refractivity contribution in [2.75, 3.05) is 13.2 Å². The summed E-state index contributed by atoms with van der Waals surface area (Å²) < 4.78 is 0. The Morgan fingerprint density at radius 3 is 2.09 bits per heavy atom. The van der Waals surface area contributed by atoms with Crippen molar-refractivity contribution in [3.63, 3.8) is 0 Å². The molecule has 0 aromatic rings. The Balaban J connectivity index is 4.45. The van der Waals surface area contributed by atoms with Gasteiger partial charge in [0.05, 0.1) is 0 Å². The lowest BCUT2D eigenvalue weighted by Gasteiger charge is -2.18. The van der Waals surface area contributed by atoms with Gasteiger partial charge in [-0.25, -0.2) is 0 Å². The first kappa shape index (κ1) is 10.1. The Morgan fingerprint density at radius 1 is 1.55 bits per heavy atom. The summed E-state index contributed by atoms with van der Waals surface area (Å²) in [4.78, 5) is 9.63. The largest absolute Gasteiger partial charge is 0.389 e. The second kappa shape index (κ2) is 4.05. The minimum atomic E-state index is -1.65. The molecule has 0 radical (unpaired) electrons. The van der Waals surface area contributed by atoms with E-state index < -0.39 is 23.7 Å². The van der Waals surface area contributed by atoms with Gasteiger partial charge in [0, 0.05) is 11.3 Å². The molecule has 0 amide bonds. The number of aliphatic hydroxyl groups is 2. The molecule has 0 aromatic heterocycles. The molecule has 64 valence electrons. The van der Waals surface area contributed by atoms with Gasteiger partial charge in [-0.3, -0.25) is 10.1 Å². The predicted molar refractivity (Wildman–Crippen MR) is 38.7 cm³/mol. The van der Waals surface area contributed by atoms with Crippen LogP contribution in [-0.2, 0) is 0 Å². The molecular weight excluding hydrogens is 150 g/mol. The molecule has 0 saturated carbocycles. The summed E-state index contributed by atoms with van der Waals surface area (Å²) >= 11 is 0. The standard InChI is InChI=1S/C6H11NO4/c1-2-3-6(4-8,5-9)7(10)11/h2,8-9H,1,3-5H2. The predicted octanol–water partition coefficient (Wildman–Crippen LogP) is -0.437. The van der Waals surface area contributed by atoms with Gasteiger partial charge in [-0.2, -0.15) is 0 Å². The average molecular weight is 161 g/mol. The molecule has 0 aliphatic rings. The van der Waals surface area contributed by atoms with E-state index in [1.807, 2.05) is 0 Å². The van der Waals surface area contributed by atoms with Crippen molar-refractivity contribution in [2.24, 2.45) is 0 Å². The molecule has 0 spiro atoms. The fourth-order valence-electron chi connectivity index (χ4n) is 0.638. The van der Waals surface area contributed by atoms with Crippen molar-refractivity contribution >= 4 is 0 Å². The lowest BCUT2D eigenvalue weighted by atomic mass is 9.99. The zero-order chi connectivity index (χ0) is 8.91. The van der Waals surface area contributed by atoms with Crippen LogP contribution in [-0.4, -0.2) is 33.9 Å². The highest BCUT2D eigenvalue weighted by Gasteiger charge is 2.40. The number of aliphatic hydroxyl groups excluding tert-OH is 2. The molecule has 2 N–H and O–H groups in total. The smallest absolute Gasteiger partial charge is 0.270 e. The van der Waals surface area contributed by atoms with Gasteiger partial charge in [-0.15, -0.1) is 6.58 Å². The molecule has 0 heterocycles. The van der Waals surface area contributed by atoms with Gasteiger partial charge in [0.2, 0.25) is 0 Å². The Bertz CT molecular complexity index is 153. The summed E-state index contributed by atoms with van der Waals surface area (Å²) in [7, 11) is 0. The zero-order valence-corrected chi connectivity index (χ0v) is 6.06. The van der Waals surface area contributed by atoms with Gasteiger partial charge in [-0.05, 0) is 0 Å². The molecular formula is C6H11NO4. The van der Waals surface area contributed by atoms with Crippen LogP contribution in [0.5, 0.6) is 0 Å². The molecule has 0 aromatic carbocycles. The van der Waals surface area contributed by atoms with Crippen LogP contribution in [0.15, 0.2) is 12.7 Å². The minimum absolute atomic E-state index is 0.0347. The van der Waals surface area contributed by atoms with E-state index in [4.69, 9.17) is 10.2 Å². The third-order valence-corrected chi connectivity index (χ3v) is 1.50. The summed E-state index contributed by atoms with van der Waals surface area (Å²) in [5.74, 6) is 0. The molecule has 0 unspecified atom stereocenters. The van der Waals surface area contributed by atoms with Crippen molar-refractivity contribution in [3.8, 4) is 0 Å². The Kier molecular flexibility index (Phi) is 3.70. The maximum absolute atomic E-state index is 10.3. The summed E-state index contributed by atoms with van der Waals surface area (Å²) in [5.41, 5.74) is -1.65. The first-order chi connectivity index (χ1) is 5.13. The highest BCUT2D eigenvalue weighted by atomic mass is 16.6. The van der Waals surface area contributed by atoms with Gasteiger partial charge >= 0.3 is 0 Å². The van der Waals surface area contributed by atoms with E-state index in [9.17, 15) is 10.1 Å². The lowest BCUT2D eigenvalue weighted by Crippen LogP contribution is -2.45. The van der Waals surface area contributed by atoms with Gasteiger partial charge in [0.15, 0.2) is 0 Å². The van der Waals surface area contributed by atoms with E-state index >= 15 is 0 Å². The zero-order valence-electron chi connectivity index (χ0n) is 6.06. The maximum atomic E-state index is 10.3. The molecule has 0 bridgehead atoms. The molecule has 0 aliphatic heterocycles. The minimum Gasteiger partial charge on any atom is -0.389 e. The molecule has 0 rings (SSSR count). The van der Waals surface area contributed by atoms with Gasteiger partial charge < -0.3 is 10.2 Å². The quantitative estimate of drug-likeness (QED) is 0.325. The average Bonchev–Trinajstić information content (AvgIpc) is 2.00. The van der Waals surface area contributed by atoms with Crippen molar-refractivity contribution in [1.82, 2.24) is 0 Å². The molecule has 0 aliphatic carbocycles. The fourth-order valence-corrected chi connectivity index (χ4v) is 0.638. The normalized spacial score (nSPS) is 11.1. The van der Waals surface area contributed by atoms with Crippen molar-refractivity contribution in [3.05, 3.63) is 22.8 Å². The lowest BCUT2D eigenvalue weighted by molar-refractivity contribution is -0.576. The number of hydrogen-bond acceptors (Lipinski definition) is 4. The van der Waals surface area contributed by atoms with E-state index in [-0.39, 0.29) is 6.42 Å². The van der Waals surface area contributed by atoms with E-state index in [1.165, 1.54) is 6.08 Å². The molecule has 0 atom stereocenters. The molecule has 5 nitrogen and oxygen atoms in total. The van der Waals surface area contributed by atoms with Gasteiger partial charge in [0.25, 0.3) is 5.54 Å². The number of nitrogens with zero attached hydrogens (tertiary/aromatic N) is 1. The van der Waals surface area contributed by atoms with E-state index in [0.29, 0.717) is 0 Å². The summed E-state index contributed by atoms with van der Waals surface area (Å²) in [5, 5.41) is 27.6. The Hall–Kier alpha value is -0.940. The second-order valence-corrected chi connectivity index (χ2v) is 2.29. The van der Waals surface area contributed by atoms with Gasteiger partial charge in [0.1, 0.15) is 13.2 Å². The van der Waals surface area contributed by atoms with Crippen molar-refractivity contribution < 1.29 is 15.1 Å². The summed E-state index contributed by atoms with van der Waals surface area (Å²) in [6.45, 7) is 1.94. The highest BCUT2D eigenvalue weighted by Crippen LogP contribution is 2.13. The van der Waals surface area contributed by atoms with Crippen LogP contribution >= 0.6 is 0 Å². The maximum Gasteiger partial charge on any atom is 0.270 e. The SMILES string of the molecule is C=CCC(CO)(CO)[N+](=O)[O-]. The molecule has 0 saturated heterocycles. The number of hydrogen-bond donors (Lipinski definition) is 2. The Morgan fingerprint density at radius 2 is 2.00 bits per heavy atom. The third-order valence-electron chi connectivity index (χ3n) is 1.50. The van der Waals surface area contributed by atoms with Crippen molar-refractivity contribution in [2.45, 2.75) is 12.0 Å². The van der Waals surface area contributed by atoms with Crippen LogP contribution in [0.4, 0.5) is 0 Å². The topological polar surface area (TPSA) is 83.6 Å². The molecule has 5 heteroatoms. The van der Waals surface area contributed by atoms with E-state index in [2.05, 4.69) is 6.58 Å². The van der Waals surface area contributed by atoms with Crippen LogP contribution in [0, 0.1) is 10.1 Å². The monoisotopic (exact) mass is 161 g/mol. The first-order valence-corrected chi connectivity index (χ1v) is 3.10. The summed E-state index contributed by atoms with van der Waals surface area (Å²) in [6, 6.07) is 0. The molecule has 11 heavy (non-hydrogen) atoms. The third kappa shape index (κ3) is 1.99. The van der Waals surface area contributed by atoms with Crippen LogP contribution in [0.3, 0.4) is 0 Å². The number of rotatable bonds is 5. The number of nitro groups is 1. The first-order valence-electron chi connectivity index (χ1n) is 3.10. The van der Waals surface area contributed by atoms with Crippen LogP contribution in [0.25, 0.3) is 0 Å². The second-order valence-electron chi connectivity index (χ2n) is 2.29. The van der Waals surface area contributed by atoms with E-state index in [1.54, 1.807) is 0 Å². The van der Waals surface area contributed by atoms with Crippen LogP contribution in [0.2, 0.25) is 0 Å². The van der Waals surface area contributed by atoms with Crippen LogP contribution in [0.1, 0.15) is 6.42 Å².